The molecular formula is C21H28N3O3S+. The van der Waals surface area contributed by atoms with Crippen LogP contribution in [0.15, 0.2) is 34.2 Å². The third-order valence-electron chi connectivity index (χ3n) is 5.68. The van der Waals surface area contributed by atoms with Crippen LogP contribution >= 0.6 is 11.8 Å². The molecule has 0 bridgehead atoms. The van der Waals surface area contributed by atoms with Crippen LogP contribution in [0.2, 0.25) is 0 Å². The summed E-state index contributed by atoms with van der Waals surface area (Å²) in [5, 5.41) is 1.28. The van der Waals surface area contributed by atoms with Crippen molar-refractivity contribution < 1.29 is 14.4 Å². The van der Waals surface area contributed by atoms with Crippen molar-refractivity contribution in [3.05, 3.63) is 34.6 Å². The van der Waals surface area contributed by atoms with E-state index in [-0.39, 0.29) is 10.8 Å². The number of thioether (sulfide) groups is 1. The van der Waals surface area contributed by atoms with E-state index < -0.39 is 0 Å². The average molecular weight is 403 g/mol. The third-order valence-corrected chi connectivity index (χ3v) is 6.99. The quantitative estimate of drug-likeness (QED) is 0.738. The number of fused-ring (bicyclic) bond motifs is 1. The molecule has 7 heteroatoms. The van der Waals surface area contributed by atoms with Crippen LogP contribution in [-0.4, -0.2) is 53.4 Å². The maximum Gasteiger partial charge on any atom is 0.262 e. The summed E-state index contributed by atoms with van der Waals surface area (Å²) in [5.41, 5.74) is 0.724. The van der Waals surface area contributed by atoms with E-state index in [9.17, 15) is 9.59 Å². The van der Waals surface area contributed by atoms with Crippen LogP contribution in [0.25, 0.3) is 10.9 Å². The number of morpholine rings is 1. The summed E-state index contributed by atoms with van der Waals surface area (Å²) < 4.78 is 7.22. The molecule has 0 radical (unpaired) electrons. The number of benzene rings is 1. The summed E-state index contributed by atoms with van der Waals surface area (Å²) in [7, 11) is 0. The zero-order chi connectivity index (χ0) is 19.3. The Labute approximate surface area is 169 Å². The molecule has 2 heterocycles. The molecule has 1 aliphatic carbocycles. The molecule has 1 atom stereocenters. The minimum absolute atomic E-state index is 0.00772. The number of nitrogens with zero attached hydrogens (tertiary/aromatic N) is 2. The van der Waals surface area contributed by atoms with Crippen LogP contribution in [0.1, 0.15) is 32.1 Å². The molecule has 1 aromatic heterocycles. The predicted octanol–water partition coefficient (Wildman–Crippen LogP) is 1.31. The first-order valence-electron chi connectivity index (χ1n) is 10.3. The Hall–Kier alpha value is -1.70. The molecular weight excluding hydrogens is 374 g/mol. The van der Waals surface area contributed by atoms with E-state index in [0.717, 1.165) is 58.5 Å². The second-order valence-electron chi connectivity index (χ2n) is 7.65. The molecule has 0 unspecified atom stereocenters. The fourth-order valence-electron chi connectivity index (χ4n) is 4.03. The molecule has 4 rings (SSSR count). The Kier molecular flexibility index (Phi) is 6.44. The zero-order valence-electron chi connectivity index (χ0n) is 16.2. The monoisotopic (exact) mass is 402 g/mol. The van der Waals surface area contributed by atoms with Crippen molar-refractivity contribution in [3.8, 4) is 0 Å². The first-order valence-corrected chi connectivity index (χ1v) is 11.2. The summed E-state index contributed by atoms with van der Waals surface area (Å²) in [6.45, 7) is 5.36. The Morgan fingerprint density at radius 1 is 1.18 bits per heavy atom. The molecule has 0 spiro atoms. The van der Waals surface area contributed by atoms with Crippen LogP contribution in [-0.2, 0) is 16.1 Å². The van der Waals surface area contributed by atoms with Gasteiger partial charge in [0.25, 0.3) is 5.56 Å². The van der Waals surface area contributed by atoms with Gasteiger partial charge in [-0.2, -0.15) is 0 Å². The highest BCUT2D eigenvalue weighted by molar-refractivity contribution is 8.00. The van der Waals surface area contributed by atoms with Crippen LogP contribution in [0.4, 0.5) is 0 Å². The number of nitrogens with one attached hydrogen (secondary N) is 1. The van der Waals surface area contributed by atoms with Crippen LogP contribution in [0, 0.1) is 0 Å². The van der Waals surface area contributed by atoms with Gasteiger partial charge in [0.15, 0.2) is 5.16 Å². The van der Waals surface area contributed by atoms with Gasteiger partial charge in [0.05, 0.1) is 35.9 Å². The van der Waals surface area contributed by atoms with E-state index in [2.05, 4.69) is 0 Å². The summed E-state index contributed by atoms with van der Waals surface area (Å²) in [6, 6.07) is 7.51. The number of hydrogen-bond acceptors (Lipinski definition) is 5. The van der Waals surface area contributed by atoms with E-state index in [4.69, 9.17) is 9.72 Å². The van der Waals surface area contributed by atoms with E-state index in [0.29, 0.717) is 34.8 Å². The number of quaternary nitrogens is 1. The van der Waals surface area contributed by atoms with Crippen LogP contribution in [0.5, 0.6) is 0 Å². The molecule has 1 saturated carbocycles. The lowest BCUT2D eigenvalue weighted by molar-refractivity contribution is -0.908. The number of aromatic nitrogens is 2. The van der Waals surface area contributed by atoms with E-state index in [1.165, 1.54) is 16.7 Å². The SMILES string of the molecule is O=C1CCCC[C@H]1Sc1nc2ccccc2c(=O)n1CCC[NH+]1CCOCC1. The van der Waals surface area contributed by atoms with Gasteiger partial charge in [-0.25, -0.2) is 4.98 Å². The van der Waals surface area contributed by atoms with Gasteiger partial charge in [-0.15, -0.1) is 0 Å². The first-order chi connectivity index (χ1) is 13.7. The molecule has 2 aromatic rings. The lowest BCUT2D eigenvalue weighted by Gasteiger charge is -2.24. The normalized spacial score (nSPS) is 21.3. The molecule has 1 saturated heterocycles. The van der Waals surface area contributed by atoms with Gasteiger partial charge in [0.2, 0.25) is 0 Å². The number of hydrogen-bond donors (Lipinski definition) is 1. The molecule has 1 aromatic carbocycles. The topological polar surface area (TPSA) is 65.6 Å². The summed E-state index contributed by atoms with van der Waals surface area (Å²) >= 11 is 1.49. The molecule has 150 valence electrons. The van der Waals surface area contributed by atoms with Crippen molar-refractivity contribution in [2.75, 3.05) is 32.8 Å². The van der Waals surface area contributed by atoms with Crippen molar-refractivity contribution in [2.45, 2.75) is 49.1 Å². The molecule has 28 heavy (non-hydrogen) atoms. The Morgan fingerprint density at radius 3 is 2.82 bits per heavy atom. The highest BCUT2D eigenvalue weighted by atomic mass is 32.2. The number of rotatable bonds is 6. The molecule has 1 aliphatic heterocycles. The largest absolute Gasteiger partial charge is 0.370 e. The standard InChI is InChI=1S/C21H27N3O3S/c25-18-8-3-4-9-19(18)28-21-22-17-7-2-1-6-16(17)20(26)24(21)11-5-10-23-12-14-27-15-13-23/h1-2,6-7,19H,3-5,8-15H2/p+1/t19-/m1/s1. The van der Waals surface area contributed by atoms with Gasteiger partial charge in [0, 0.05) is 19.4 Å². The van der Waals surface area contributed by atoms with Crippen molar-refractivity contribution in [2.24, 2.45) is 0 Å². The van der Waals surface area contributed by atoms with Gasteiger partial charge in [-0.05, 0) is 25.0 Å². The highest BCUT2D eigenvalue weighted by Crippen LogP contribution is 2.31. The number of para-hydroxylation sites is 1. The maximum absolute atomic E-state index is 13.2. The minimum atomic E-state index is -0.0714. The van der Waals surface area contributed by atoms with Crippen molar-refractivity contribution >= 4 is 28.4 Å². The second-order valence-corrected chi connectivity index (χ2v) is 8.82. The predicted molar refractivity (Wildman–Crippen MR) is 110 cm³/mol. The Morgan fingerprint density at radius 2 is 2.00 bits per heavy atom. The van der Waals surface area contributed by atoms with Crippen LogP contribution < -0.4 is 10.5 Å². The smallest absolute Gasteiger partial charge is 0.262 e. The van der Waals surface area contributed by atoms with Gasteiger partial charge in [-0.3, -0.25) is 14.2 Å². The van der Waals surface area contributed by atoms with Gasteiger partial charge >= 0.3 is 0 Å². The molecule has 2 fully saturated rings. The fourth-order valence-corrected chi connectivity index (χ4v) is 5.28. The van der Waals surface area contributed by atoms with E-state index >= 15 is 0 Å². The minimum Gasteiger partial charge on any atom is -0.370 e. The van der Waals surface area contributed by atoms with Crippen LogP contribution in [0.3, 0.4) is 0 Å². The highest BCUT2D eigenvalue weighted by Gasteiger charge is 2.26. The number of ketones is 1. The Bertz CT molecular complexity index is 892. The van der Waals surface area contributed by atoms with Gasteiger partial charge in [0.1, 0.15) is 18.9 Å². The molecule has 1 N–H and O–H groups in total. The third kappa shape index (κ3) is 4.47. The number of carbonyl (C=O) groups is 1. The van der Waals surface area contributed by atoms with E-state index in [1.54, 1.807) is 4.57 Å². The lowest BCUT2D eigenvalue weighted by Crippen LogP contribution is -3.14. The van der Waals surface area contributed by atoms with Crippen molar-refractivity contribution in [3.63, 3.8) is 0 Å². The summed E-state index contributed by atoms with van der Waals surface area (Å²) in [4.78, 5) is 31.8. The number of carbonyl (C=O) groups excluding carboxylic acids is 1. The first kappa shape index (κ1) is 19.6. The zero-order valence-corrected chi connectivity index (χ0v) is 17.0. The van der Waals surface area contributed by atoms with E-state index in [1.807, 2.05) is 24.3 Å². The second kappa shape index (κ2) is 9.20. The number of ether oxygens (including phenoxy) is 1. The summed E-state index contributed by atoms with van der Waals surface area (Å²) in [5.74, 6) is 0.294. The average Bonchev–Trinajstić information content (AvgIpc) is 2.73. The molecule has 6 nitrogen and oxygen atoms in total. The van der Waals surface area contributed by atoms with Gasteiger partial charge in [-0.1, -0.05) is 30.3 Å². The summed E-state index contributed by atoms with van der Waals surface area (Å²) in [6.07, 6.45) is 4.50. The van der Waals surface area contributed by atoms with Gasteiger partial charge < -0.3 is 9.64 Å². The lowest BCUT2D eigenvalue weighted by atomic mass is 9.99. The van der Waals surface area contributed by atoms with Crippen molar-refractivity contribution in [1.82, 2.24) is 9.55 Å². The molecule has 2 aliphatic rings. The van der Waals surface area contributed by atoms with Crippen molar-refractivity contribution in [1.29, 1.82) is 0 Å². The number of Topliss-reactive ketones (excluding diaryl/α,β-unsaturated/α-hetero) is 1. The fraction of sp³-hybridized carbons (Fsp3) is 0.571. The molecule has 0 amide bonds. The Balaban J connectivity index is 1.57. The maximum atomic E-state index is 13.2.